The zero-order chi connectivity index (χ0) is 33.5. The molecule has 49 heavy (non-hydrogen) atoms. The predicted octanol–water partition coefficient (Wildman–Crippen LogP) is 3.41. The minimum Gasteiger partial charge on any atom is -0.379 e. The average molecular weight is 709 g/mol. The molecule has 1 atom stereocenters. The zero-order valence-corrected chi connectivity index (χ0v) is 28.6. The van der Waals surface area contributed by atoms with Gasteiger partial charge in [0.1, 0.15) is 6.04 Å². The minimum absolute atomic E-state index is 0. The van der Waals surface area contributed by atoms with Crippen molar-refractivity contribution in [3.05, 3.63) is 78.4 Å². The zero-order valence-electron chi connectivity index (χ0n) is 27.0. The third kappa shape index (κ3) is 8.69. The average Bonchev–Trinajstić information content (AvgIpc) is 3.68. The molecule has 2 heterocycles. The van der Waals surface area contributed by atoms with Crippen LogP contribution in [0.5, 0.6) is 0 Å². The molecule has 2 aliphatic rings. The number of amides is 2. The standard InChI is InChI=1S/C34H40N8O5S.ClH/c35-22-24-7-11-27(12-8-24)33(43)37-30(34(44)36-28-15-13-26(14-16-28)32-38-40-41-39-32)21-23-5-9-25(10-6-23)29-3-1-2-4-31(29)48(45,46)42-17-19-47-20-18-42;/h1-6,9-10,13-16,24,27,30H,7-8,11-12,17-22,35H2,(H,36,44)(H,37,43)(H,38,39,40,41);1H/t24?,27?,30-;/m0./s1. The highest BCUT2D eigenvalue weighted by molar-refractivity contribution is 7.89. The van der Waals surface area contributed by atoms with Gasteiger partial charge in [0, 0.05) is 42.2 Å². The number of anilines is 1. The van der Waals surface area contributed by atoms with E-state index in [2.05, 4.69) is 31.3 Å². The molecule has 3 aromatic carbocycles. The smallest absolute Gasteiger partial charge is 0.247 e. The van der Waals surface area contributed by atoms with Crippen molar-refractivity contribution >= 4 is 39.9 Å². The van der Waals surface area contributed by atoms with Crippen molar-refractivity contribution in [1.29, 1.82) is 0 Å². The molecule has 5 N–H and O–H groups in total. The highest BCUT2D eigenvalue weighted by Crippen LogP contribution is 2.31. The number of nitrogens with two attached hydrogens (primary N) is 1. The van der Waals surface area contributed by atoms with E-state index < -0.39 is 16.1 Å². The van der Waals surface area contributed by atoms with Crippen LogP contribution in [0.1, 0.15) is 31.2 Å². The summed E-state index contributed by atoms with van der Waals surface area (Å²) in [5.41, 5.74) is 9.28. The number of nitrogens with one attached hydrogen (secondary N) is 3. The van der Waals surface area contributed by atoms with Gasteiger partial charge in [-0.25, -0.2) is 8.42 Å². The number of sulfonamides is 1. The Morgan fingerprint density at radius 1 is 0.939 bits per heavy atom. The molecule has 6 rings (SSSR count). The number of aromatic nitrogens is 4. The molecule has 0 spiro atoms. The fourth-order valence-electron chi connectivity index (χ4n) is 6.29. The highest BCUT2D eigenvalue weighted by Gasteiger charge is 2.31. The van der Waals surface area contributed by atoms with E-state index in [1.54, 1.807) is 42.5 Å². The number of rotatable bonds is 11. The second-order valence-corrected chi connectivity index (χ2v) is 14.1. The van der Waals surface area contributed by atoms with Crippen molar-refractivity contribution < 1.29 is 22.7 Å². The number of benzene rings is 3. The van der Waals surface area contributed by atoms with Crippen molar-refractivity contribution in [2.45, 2.75) is 43.0 Å². The Balaban J connectivity index is 0.00000468. The van der Waals surface area contributed by atoms with E-state index in [9.17, 15) is 18.0 Å². The third-order valence-corrected chi connectivity index (χ3v) is 11.1. The molecule has 1 saturated heterocycles. The van der Waals surface area contributed by atoms with Crippen LogP contribution in [-0.4, -0.2) is 84.1 Å². The van der Waals surface area contributed by atoms with Crippen LogP contribution in [0, 0.1) is 11.8 Å². The van der Waals surface area contributed by atoms with Gasteiger partial charge in [-0.1, -0.05) is 42.5 Å². The summed E-state index contributed by atoms with van der Waals surface area (Å²) in [4.78, 5) is 27.3. The van der Waals surface area contributed by atoms with Gasteiger partial charge in [-0.05, 0) is 84.8 Å². The Kier molecular flexibility index (Phi) is 12.1. The Labute approximate surface area is 291 Å². The molecule has 1 aromatic heterocycles. The fraction of sp³-hybridized carbons (Fsp3) is 0.382. The summed E-state index contributed by atoms with van der Waals surface area (Å²) in [6, 6.07) is 20.6. The Morgan fingerprint density at radius 3 is 2.27 bits per heavy atom. The molecule has 15 heteroatoms. The van der Waals surface area contributed by atoms with Crippen molar-refractivity contribution in [3.8, 4) is 22.5 Å². The van der Waals surface area contributed by atoms with E-state index in [4.69, 9.17) is 10.5 Å². The predicted molar refractivity (Wildman–Crippen MR) is 187 cm³/mol. The molecule has 1 aliphatic heterocycles. The van der Waals surface area contributed by atoms with Gasteiger partial charge in [-0.3, -0.25) is 9.59 Å². The van der Waals surface area contributed by atoms with Crippen LogP contribution in [0.15, 0.2) is 77.7 Å². The minimum atomic E-state index is -3.72. The molecule has 260 valence electrons. The summed E-state index contributed by atoms with van der Waals surface area (Å²) in [5, 5.41) is 19.9. The summed E-state index contributed by atoms with van der Waals surface area (Å²) in [5.74, 6) is 0.196. The van der Waals surface area contributed by atoms with Gasteiger partial charge >= 0.3 is 0 Å². The van der Waals surface area contributed by atoms with Crippen molar-refractivity contribution in [3.63, 3.8) is 0 Å². The first-order chi connectivity index (χ1) is 23.3. The van der Waals surface area contributed by atoms with E-state index in [0.717, 1.165) is 42.4 Å². The molecule has 13 nitrogen and oxygen atoms in total. The Hall–Kier alpha value is -4.21. The van der Waals surface area contributed by atoms with Crippen LogP contribution in [0.2, 0.25) is 0 Å². The maximum absolute atomic E-state index is 13.7. The number of halogens is 1. The van der Waals surface area contributed by atoms with Crippen LogP contribution in [0.4, 0.5) is 5.69 Å². The summed E-state index contributed by atoms with van der Waals surface area (Å²) in [6.45, 7) is 1.96. The summed E-state index contributed by atoms with van der Waals surface area (Å²) < 4.78 is 33.9. The summed E-state index contributed by atoms with van der Waals surface area (Å²) in [7, 11) is -3.72. The SMILES string of the molecule is Cl.NCC1CCC(C(=O)N[C@@H](Cc2ccc(-c3ccccc3S(=O)(=O)N3CCOCC3)cc2)C(=O)Nc2ccc(-c3nn[nH]n3)cc2)CC1. The number of hydrogen-bond donors (Lipinski definition) is 4. The number of carbonyl (C=O) groups is 2. The maximum Gasteiger partial charge on any atom is 0.247 e. The van der Waals surface area contributed by atoms with Crippen LogP contribution >= 0.6 is 12.4 Å². The third-order valence-electron chi connectivity index (χ3n) is 9.12. The molecule has 0 unspecified atom stereocenters. The largest absolute Gasteiger partial charge is 0.379 e. The van der Waals surface area contributed by atoms with E-state index in [0.29, 0.717) is 55.8 Å². The highest BCUT2D eigenvalue weighted by atomic mass is 35.5. The van der Waals surface area contributed by atoms with E-state index in [1.165, 1.54) is 4.31 Å². The second-order valence-electron chi connectivity index (χ2n) is 12.2. The van der Waals surface area contributed by atoms with Gasteiger partial charge < -0.3 is 21.1 Å². The summed E-state index contributed by atoms with van der Waals surface area (Å²) in [6.07, 6.45) is 3.50. The number of aromatic amines is 1. The lowest BCUT2D eigenvalue weighted by Gasteiger charge is -2.28. The fourth-order valence-corrected chi connectivity index (χ4v) is 7.91. The quantitative estimate of drug-likeness (QED) is 0.181. The molecule has 1 aliphatic carbocycles. The number of ether oxygens (including phenoxy) is 1. The van der Waals surface area contributed by atoms with Crippen molar-refractivity contribution in [2.24, 2.45) is 17.6 Å². The number of tetrazole rings is 1. The molecular weight excluding hydrogens is 668 g/mol. The van der Waals surface area contributed by atoms with Gasteiger partial charge in [0.05, 0.1) is 18.1 Å². The van der Waals surface area contributed by atoms with E-state index >= 15 is 0 Å². The first-order valence-corrected chi connectivity index (χ1v) is 17.7. The maximum atomic E-state index is 13.7. The Bertz CT molecular complexity index is 1790. The van der Waals surface area contributed by atoms with Gasteiger partial charge in [0.15, 0.2) is 0 Å². The van der Waals surface area contributed by atoms with E-state index in [1.807, 2.05) is 30.3 Å². The van der Waals surface area contributed by atoms with Crippen LogP contribution in [0.3, 0.4) is 0 Å². The normalized spacial score (nSPS) is 19.0. The first kappa shape index (κ1) is 36.1. The van der Waals surface area contributed by atoms with Crippen LogP contribution in [0.25, 0.3) is 22.5 Å². The lowest BCUT2D eigenvalue weighted by molar-refractivity contribution is -0.130. The van der Waals surface area contributed by atoms with Gasteiger partial charge in [0.25, 0.3) is 0 Å². The molecule has 4 aromatic rings. The first-order valence-electron chi connectivity index (χ1n) is 16.2. The molecule has 2 amide bonds. The lowest BCUT2D eigenvalue weighted by atomic mass is 9.81. The molecule has 0 bridgehead atoms. The van der Waals surface area contributed by atoms with Crippen molar-refractivity contribution in [1.82, 2.24) is 30.2 Å². The summed E-state index contributed by atoms with van der Waals surface area (Å²) >= 11 is 0. The molecule has 2 fully saturated rings. The molecule has 0 radical (unpaired) electrons. The van der Waals surface area contributed by atoms with Gasteiger partial charge in [0.2, 0.25) is 27.7 Å². The number of hydrogen-bond acceptors (Lipinski definition) is 9. The number of carbonyl (C=O) groups excluding carboxylic acids is 2. The van der Waals surface area contributed by atoms with Crippen molar-refractivity contribution in [2.75, 3.05) is 38.2 Å². The van der Waals surface area contributed by atoms with E-state index in [-0.39, 0.29) is 41.5 Å². The number of morpholine rings is 1. The van der Waals surface area contributed by atoms with Gasteiger partial charge in [-0.2, -0.15) is 9.52 Å². The lowest BCUT2D eigenvalue weighted by Crippen LogP contribution is -2.48. The van der Waals surface area contributed by atoms with Crippen LogP contribution in [-0.2, 0) is 30.8 Å². The monoisotopic (exact) mass is 708 g/mol. The molecular formula is C34H41ClN8O5S. The second kappa shape index (κ2) is 16.5. The van der Waals surface area contributed by atoms with Gasteiger partial charge in [-0.15, -0.1) is 22.6 Å². The number of nitrogens with zero attached hydrogens (tertiary/aromatic N) is 4. The molecule has 1 saturated carbocycles. The number of H-pyrrole nitrogens is 1. The van der Waals surface area contributed by atoms with Crippen LogP contribution < -0.4 is 16.4 Å². The topological polar surface area (TPSA) is 185 Å². The Morgan fingerprint density at radius 2 is 1.61 bits per heavy atom.